The number of rotatable bonds is 7. The number of hydrogen-bond donors (Lipinski definition) is 0. The summed E-state index contributed by atoms with van der Waals surface area (Å²) in [6.07, 6.45) is 5.22. The van der Waals surface area contributed by atoms with E-state index in [-0.39, 0.29) is 0 Å². The zero-order valence-corrected chi connectivity index (χ0v) is 18.2. The number of furan rings is 1. The molecule has 2 aromatic heterocycles. The molecule has 5 rings (SSSR count). The Morgan fingerprint density at radius 3 is 2.47 bits per heavy atom. The quantitative estimate of drug-likeness (QED) is 0.434. The molecule has 8 nitrogen and oxygen atoms in total. The number of aromatic nitrogens is 2. The van der Waals surface area contributed by atoms with Gasteiger partial charge in [-0.25, -0.2) is 9.97 Å². The van der Waals surface area contributed by atoms with Gasteiger partial charge in [0.25, 0.3) is 0 Å². The number of methoxy groups -OCH3 is 2. The number of hydrogen-bond acceptors (Lipinski definition) is 8. The van der Waals surface area contributed by atoms with Crippen LogP contribution >= 0.6 is 0 Å². The summed E-state index contributed by atoms with van der Waals surface area (Å²) >= 11 is 0. The standard InChI is InChI=1S/C24H25N3O5/c1-28-20-12-17-11-16-3-7-31-23(16)22(19(17)13-21(20)29-2)18-14-25-24(26-15-18)32-10-6-27-4-8-30-9-5-27/h3,7,11-15H,4-6,8-10H2,1-2H3. The second-order valence-corrected chi connectivity index (χ2v) is 7.58. The predicted octanol–water partition coefficient (Wildman–Crippen LogP) is 3.77. The summed E-state index contributed by atoms with van der Waals surface area (Å²) in [4.78, 5) is 11.2. The van der Waals surface area contributed by atoms with Crippen LogP contribution in [0.15, 0.2) is 47.3 Å². The summed E-state index contributed by atoms with van der Waals surface area (Å²) < 4.78 is 28.0. The third-order valence-electron chi connectivity index (χ3n) is 5.72. The SMILES string of the molecule is COc1cc2cc3ccoc3c(-c3cnc(OCCN4CCOCC4)nc3)c2cc1OC. The van der Waals surface area contributed by atoms with Gasteiger partial charge in [0.1, 0.15) is 12.2 Å². The second kappa shape index (κ2) is 9.02. The Morgan fingerprint density at radius 1 is 0.969 bits per heavy atom. The van der Waals surface area contributed by atoms with E-state index in [1.54, 1.807) is 32.9 Å². The summed E-state index contributed by atoms with van der Waals surface area (Å²) in [6.45, 7) is 4.76. The van der Waals surface area contributed by atoms with Crippen molar-refractivity contribution in [2.24, 2.45) is 0 Å². The van der Waals surface area contributed by atoms with Crippen LogP contribution < -0.4 is 14.2 Å². The molecule has 1 aliphatic rings. The number of ether oxygens (including phenoxy) is 4. The predicted molar refractivity (Wildman–Crippen MR) is 121 cm³/mol. The molecule has 0 saturated carbocycles. The Kier molecular flexibility index (Phi) is 5.79. The van der Waals surface area contributed by atoms with Crippen molar-refractivity contribution in [3.63, 3.8) is 0 Å². The van der Waals surface area contributed by atoms with Crippen molar-refractivity contribution >= 4 is 21.7 Å². The molecule has 0 amide bonds. The maximum Gasteiger partial charge on any atom is 0.316 e. The van der Waals surface area contributed by atoms with Crippen LogP contribution in [-0.2, 0) is 4.74 Å². The molecule has 32 heavy (non-hydrogen) atoms. The van der Waals surface area contributed by atoms with Gasteiger partial charge in [-0.2, -0.15) is 0 Å². The van der Waals surface area contributed by atoms with Gasteiger partial charge in [-0.1, -0.05) is 0 Å². The van der Waals surface area contributed by atoms with Crippen LogP contribution in [0.3, 0.4) is 0 Å². The van der Waals surface area contributed by atoms with Gasteiger partial charge in [0, 0.05) is 48.5 Å². The molecule has 0 unspecified atom stereocenters. The van der Waals surface area contributed by atoms with Crippen LogP contribution in [0.2, 0.25) is 0 Å². The lowest BCUT2D eigenvalue weighted by atomic mass is 9.97. The number of morpholine rings is 1. The van der Waals surface area contributed by atoms with Crippen molar-refractivity contribution in [3.8, 4) is 28.6 Å². The molecule has 2 aromatic carbocycles. The second-order valence-electron chi connectivity index (χ2n) is 7.58. The molecule has 0 aliphatic carbocycles. The minimum Gasteiger partial charge on any atom is -0.493 e. The van der Waals surface area contributed by atoms with Crippen LogP contribution in [0, 0.1) is 0 Å². The first-order valence-electron chi connectivity index (χ1n) is 10.6. The molecular formula is C24H25N3O5. The van der Waals surface area contributed by atoms with E-state index in [4.69, 9.17) is 23.4 Å². The summed E-state index contributed by atoms with van der Waals surface area (Å²) in [7, 11) is 3.26. The van der Waals surface area contributed by atoms with Crippen LogP contribution in [0.4, 0.5) is 0 Å². The first kappa shape index (κ1) is 20.5. The third kappa shape index (κ3) is 3.94. The fraction of sp³-hybridized carbons (Fsp3) is 0.333. The Balaban J connectivity index is 1.45. The monoisotopic (exact) mass is 435 g/mol. The van der Waals surface area contributed by atoms with Crippen LogP contribution in [0.25, 0.3) is 32.9 Å². The van der Waals surface area contributed by atoms with Gasteiger partial charge < -0.3 is 23.4 Å². The highest BCUT2D eigenvalue weighted by molar-refractivity contribution is 6.11. The molecule has 1 aliphatic heterocycles. The molecule has 0 radical (unpaired) electrons. The van der Waals surface area contributed by atoms with Crippen molar-refractivity contribution in [1.29, 1.82) is 0 Å². The zero-order valence-electron chi connectivity index (χ0n) is 18.2. The summed E-state index contributed by atoms with van der Waals surface area (Å²) in [5.41, 5.74) is 2.51. The van der Waals surface area contributed by atoms with Crippen LogP contribution in [-0.4, -0.2) is 68.5 Å². The Labute approximate surface area is 185 Å². The van der Waals surface area contributed by atoms with Crippen molar-refractivity contribution in [2.75, 3.05) is 53.7 Å². The fourth-order valence-electron chi connectivity index (χ4n) is 4.05. The molecule has 0 atom stereocenters. The summed E-state index contributed by atoms with van der Waals surface area (Å²) in [5.74, 6) is 1.32. The molecule has 1 fully saturated rings. The smallest absolute Gasteiger partial charge is 0.316 e. The van der Waals surface area contributed by atoms with Crippen LogP contribution in [0.1, 0.15) is 0 Å². The zero-order chi connectivity index (χ0) is 21.9. The summed E-state index contributed by atoms with van der Waals surface area (Å²) in [5, 5.41) is 2.97. The molecule has 8 heteroatoms. The molecule has 0 spiro atoms. The van der Waals surface area contributed by atoms with E-state index in [9.17, 15) is 0 Å². The van der Waals surface area contributed by atoms with E-state index in [2.05, 4.69) is 20.9 Å². The van der Waals surface area contributed by atoms with Crippen LogP contribution in [0.5, 0.6) is 17.5 Å². The van der Waals surface area contributed by atoms with E-state index in [1.807, 2.05) is 18.2 Å². The van der Waals surface area contributed by atoms with Gasteiger partial charge in [0.2, 0.25) is 0 Å². The first-order chi connectivity index (χ1) is 15.8. The minimum atomic E-state index is 0.359. The van der Waals surface area contributed by atoms with Gasteiger partial charge in [-0.3, -0.25) is 4.90 Å². The van der Waals surface area contributed by atoms with Gasteiger partial charge in [0.15, 0.2) is 11.5 Å². The lowest BCUT2D eigenvalue weighted by Crippen LogP contribution is -2.38. The van der Waals surface area contributed by atoms with Gasteiger partial charge in [0.05, 0.1) is 33.7 Å². The molecule has 166 valence electrons. The average molecular weight is 435 g/mol. The molecular weight excluding hydrogens is 410 g/mol. The Bertz CT molecular complexity index is 1220. The van der Waals surface area contributed by atoms with Crippen molar-refractivity contribution in [1.82, 2.24) is 14.9 Å². The number of fused-ring (bicyclic) bond motifs is 2. The van der Waals surface area contributed by atoms with E-state index >= 15 is 0 Å². The molecule has 4 aromatic rings. The van der Waals surface area contributed by atoms with Crippen molar-refractivity contribution < 1.29 is 23.4 Å². The molecule has 3 heterocycles. The van der Waals surface area contributed by atoms with Gasteiger partial charge in [-0.15, -0.1) is 0 Å². The lowest BCUT2D eigenvalue weighted by molar-refractivity contribution is 0.0317. The summed E-state index contributed by atoms with van der Waals surface area (Å²) in [6, 6.07) is 8.30. The Hall–Kier alpha value is -3.36. The highest BCUT2D eigenvalue weighted by Crippen LogP contribution is 2.41. The molecule has 1 saturated heterocycles. The topological polar surface area (TPSA) is 79.1 Å². The van der Waals surface area contributed by atoms with E-state index in [0.717, 1.165) is 65.7 Å². The van der Waals surface area contributed by atoms with Crippen molar-refractivity contribution in [3.05, 3.63) is 42.9 Å². The normalized spacial score (nSPS) is 14.7. The van der Waals surface area contributed by atoms with E-state index in [0.29, 0.717) is 24.1 Å². The average Bonchev–Trinajstić information content (AvgIpc) is 3.31. The van der Waals surface area contributed by atoms with Gasteiger partial charge >= 0.3 is 6.01 Å². The Morgan fingerprint density at radius 2 is 1.72 bits per heavy atom. The van der Waals surface area contributed by atoms with Crippen molar-refractivity contribution in [2.45, 2.75) is 0 Å². The number of benzene rings is 2. The fourth-order valence-corrected chi connectivity index (χ4v) is 4.05. The lowest BCUT2D eigenvalue weighted by Gasteiger charge is -2.26. The first-order valence-corrected chi connectivity index (χ1v) is 10.6. The highest BCUT2D eigenvalue weighted by Gasteiger charge is 2.17. The number of nitrogens with zero attached hydrogens (tertiary/aromatic N) is 3. The molecule has 0 N–H and O–H groups in total. The van der Waals surface area contributed by atoms with Gasteiger partial charge in [-0.05, 0) is 35.0 Å². The van der Waals surface area contributed by atoms with E-state index in [1.165, 1.54) is 0 Å². The molecule has 0 bridgehead atoms. The maximum atomic E-state index is 5.83. The highest BCUT2D eigenvalue weighted by atomic mass is 16.5. The minimum absolute atomic E-state index is 0.359. The largest absolute Gasteiger partial charge is 0.493 e. The third-order valence-corrected chi connectivity index (χ3v) is 5.72. The van der Waals surface area contributed by atoms with E-state index < -0.39 is 0 Å². The maximum absolute atomic E-state index is 5.83.